The van der Waals surface area contributed by atoms with Gasteiger partial charge in [0.05, 0.1) is 23.6 Å². The van der Waals surface area contributed by atoms with Gasteiger partial charge in [-0.15, -0.1) is 0 Å². The van der Waals surface area contributed by atoms with Gasteiger partial charge in [0.2, 0.25) is 0 Å². The largest absolute Gasteiger partial charge is 0.396 e. The number of aromatic nitrogens is 2. The van der Waals surface area contributed by atoms with E-state index in [0.29, 0.717) is 23.6 Å². The van der Waals surface area contributed by atoms with E-state index >= 15 is 0 Å². The summed E-state index contributed by atoms with van der Waals surface area (Å²) in [6.07, 6.45) is 3.84. The molecule has 4 rings (SSSR count). The highest BCUT2D eigenvalue weighted by molar-refractivity contribution is 7.99. The minimum absolute atomic E-state index is 0.146. The number of nitrogens with one attached hydrogen (secondary N) is 1. The Morgan fingerprint density at radius 1 is 1.57 bits per heavy atom. The average Bonchev–Trinajstić information content (AvgIpc) is 3.16. The number of rotatable bonds is 6. The Kier molecular flexibility index (Phi) is 6.09. The number of fused-ring (bicyclic) bond motifs is 1. The van der Waals surface area contributed by atoms with Gasteiger partial charge in [-0.25, -0.2) is 5.84 Å². The lowest BCUT2D eigenvalue weighted by Crippen LogP contribution is -2.70. The molecule has 0 radical (unpaired) electrons. The van der Waals surface area contributed by atoms with E-state index in [-0.39, 0.29) is 23.1 Å². The highest BCUT2D eigenvalue weighted by Crippen LogP contribution is 2.40. The van der Waals surface area contributed by atoms with Gasteiger partial charge in [0.25, 0.3) is 0 Å². The minimum atomic E-state index is -0.460. The average molecular weight is 449 g/mol. The number of hydrazine groups is 1. The SMILES string of the molecule is COC1C(Sc2cncc(C#N)c2)OC2COC2C1N(N)/C=C(\N)c1csc(=O)[nH]1. The van der Waals surface area contributed by atoms with E-state index in [1.165, 1.54) is 23.0 Å². The number of aromatic amines is 1. The van der Waals surface area contributed by atoms with Gasteiger partial charge in [-0.1, -0.05) is 23.1 Å². The lowest BCUT2D eigenvalue weighted by Gasteiger charge is -2.53. The molecule has 0 aromatic carbocycles. The zero-order chi connectivity index (χ0) is 21.3. The standard InChI is InChI=1S/C18H20N6O4S2/c1-26-16-14(24(21)6-11(20)12-8-29-18(25)23-12)15-13(7-27-15)28-17(16)30-10-2-9(3-19)4-22-5-10/h2,4-6,8,13-17H,7,20-21H2,1H3,(H,23,25)/b11-6-. The van der Waals surface area contributed by atoms with E-state index in [4.69, 9.17) is 31.0 Å². The predicted octanol–water partition coefficient (Wildman–Crippen LogP) is 0.435. The molecule has 10 nitrogen and oxygen atoms in total. The van der Waals surface area contributed by atoms with Crippen molar-refractivity contribution in [2.45, 2.75) is 34.7 Å². The minimum Gasteiger partial charge on any atom is -0.396 e. The smallest absolute Gasteiger partial charge is 0.304 e. The van der Waals surface area contributed by atoms with Crippen LogP contribution >= 0.6 is 23.1 Å². The number of methoxy groups -OCH3 is 1. The molecule has 0 bridgehead atoms. The van der Waals surface area contributed by atoms with Crippen LogP contribution in [0.5, 0.6) is 0 Å². The van der Waals surface area contributed by atoms with Crippen LogP contribution in [0.2, 0.25) is 0 Å². The van der Waals surface area contributed by atoms with Crippen LogP contribution in [0, 0.1) is 11.3 Å². The van der Waals surface area contributed by atoms with Crippen molar-refractivity contribution < 1.29 is 14.2 Å². The second kappa shape index (κ2) is 8.76. The summed E-state index contributed by atoms with van der Waals surface area (Å²) >= 11 is 2.43. The molecule has 2 aliphatic heterocycles. The van der Waals surface area contributed by atoms with Gasteiger partial charge in [0, 0.05) is 36.0 Å². The number of hydrogen-bond donors (Lipinski definition) is 3. The maximum Gasteiger partial charge on any atom is 0.304 e. The van der Waals surface area contributed by atoms with Gasteiger partial charge < -0.3 is 29.9 Å². The molecule has 2 aromatic heterocycles. The Morgan fingerprint density at radius 2 is 2.40 bits per heavy atom. The monoisotopic (exact) mass is 448 g/mol. The van der Waals surface area contributed by atoms with Crippen LogP contribution in [0.1, 0.15) is 11.3 Å². The van der Waals surface area contributed by atoms with E-state index in [0.717, 1.165) is 16.2 Å². The fourth-order valence-electron chi connectivity index (χ4n) is 3.42. The van der Waals surface area contributed by atoms with Crippen LogP contribution in [0.3, 0.4) is 0 Å². The summed E-state index contributed by atoms with van der Waals surface area (Å²) in [7, 11) is 1.58. The van der Waals surface area contributed by atoms with Gasteiger partial charge in [-0.2, -0.15) is 5.26 Å². The number of nitriles is 1. The topological polar surface area (TPSA) is 153 Å². The summed E-state index contributed by atoms with van der Waals surface area (Å²) in [5, 5.41) is 12.2. The maximum atomic E-state index is 11.4. The van der Waals surface area contributed by atoms with Gasteiger partial charge >= 0.3 is 4.87 Å². The Labute approximate surface area is 180 Å². The summed E-state index contributed by atoms with van der Waals surface area (Å²) in [6, 6.07) is 3.45. The maximum absolute atomic E-state index is 11.4. The molecule has 158 valence electrons. The Bertz CT molecular complexity index is 1030. The first-order valence-corrected chi connectivity index (χ1v) is 10.8. The van der Waals surface area contributed by atoms with Gasteiger partial charge in [0.1, 0.15) is 35.9 Å². The molecule has 5 unspecified atom stereocenters. The van der Waals surface area contributed by atoms with E-state index in [2.05, 4.69) is 16.0 Å². The molecule has 5 N–H and O–H groups in total. The lowest BCUT2D eigenvalue weighted by molar-refractivity contribution is -0.272. The Balaban J connectivity index is 1.58. The fraction of sp³-hybridized carbons (Fsp3) is 0.389. The third-order valence-electron chi connectivity index (χ3n) is 4.90. The number of nitrogens with two attached hydrogens (primary N) is 2. The first-order chi connectivity index (χ1) is 14.5. The van der Waals surface area contributed by atoms with Gasteiger partial charge in [-0.05, 0) is 6.07 Å². The van der Waals surface area contributed by atoms with Crippen LogP contribution in [0.15, 0.2) is 39.7 Å². The molecule has 2 aromatic rings. The number of H-pyrrole nitrogens is 1. The molecule has 12 heteroatoms. The van der Waals surface area contributed by atoms with E-state index in [1.54, 1.807) is 31.0 Å². The molecular weight excluding hydrogens is 428 g/mol. The highest BCUT2D eigenvalue weighted by atomic mass is 32.2. The summed E-state index contributed by atoms with van der Waals surface area (Å²) in [6.45, 7) is 0.454. The van der Waals surface area contributed by atoms with Gasteiger partial charge in [-0.3, -0.25) is 9.78 Å². The molecule has 2 saturated heterocycles. The highest BCUT2D eigenvalue weighted by Gasteiger charge is 2.53. The molecule has 0 saturated carbocycles. The van der Waals surface area contributed by atoms with Crippen molar-refractivity contribution in [2.24, 2.45) is 11.6 Å². The molecule has 0 aliphatic carbocycles. The van der Waals surface area contributed by atoms with Crippen molar-refractivity contribution in [3.8, 4) is 6.07 Å². The third kappa shape index (κ3) is 4.08. The van der Waals surface area contributed by atoms with Crippen molar-refractivity contribution in [1.82, 2.24) is 15.0 Å². The van der Waals surface area contributed by atoms with E-state index < -0.39 is 11.5 Å². The number of thiazole rings is 1. The zero-order valence-corrected chi connectivity index (χ0v) is 17.6. The van der Waals surface area contributed by atoms with E-state index in [1.807, 2.05) is 0 Å². The molecule has 30 heavy (non-hydrogen) atoms. The lowest BCUT2D eigenvalue weighted by atomic mass is 9.93. The predicted molar refractivity (Wildman–Crippen MR) is 111 cm³/mol. The molecule has 2 fully saturated rings. The molecular formula is C18H20N6O4S2. The van der Waals surface area contributed by atoms with Crippen molar-refractivity contribution in [3.63, 3.8) is 0 Å². The van der Waals surface area contributed by atoms with Crippen LogP contribution in [0.4, 0.5) is 0 Å². The zero-order valence-electron chi connectivity index (χ0n) is 15.9. The van der Waals surface area contributed by atoms with Crippen molar-refractivity contribution in [1.29, 1.82) is 5.26 Å². The van der Waals surface area contributed by atoms with Gasteiger partial charge in [0.15, 0.2) is 0 Å². The Morgan fingerprint density at radius 3 is 3.03 bits per heavy atom. The third-order valence-corrected chi connectivity index (χ3v) is 6.68. The number of thioether (sulfide) groups is 1. The second-order valence-corrected chi connectivity index (χ2v) is 8.78. The second-order valence-electron chi connectivity index (χ2n) is 6.76. The molecule has 5 atom stereocenters. The first-order valence-electron chi connectivity index (χ1n) is 9.00. The fourth-order valence-corrected chi connectivity index (χ4v) is 5.20. The van der Waals surface area contributed by atoms with Crippen LogP contribution in [0.25, 0.3) is 5.70 Å². The quantitative estimate of drug-likeness (QED) is 0.419. The molecule has 4 heterocycles. The van der Waals surface area contributed by atoms with Crippen LogP contribution in [-0.4, -0.2) is 58.5 Å². The summed E-state index contributed by atoms with van der Waals surface area (Å²) < 4.78 is 17.6. The number of ether oxygens (including phenoxy) is 3. The summed E-state index contributed by atoms with van der Waals surface area (Å²) in [5.74, 6) is 6.36. The van der Waals surface area contributed by atoms with Crippen molar-refractivity contribution >= 4 is 28.8 Å². The van der Waals surface area contributed by atoms with Crippen LogP contribution in [-0.2, 0) is 14.2 Å². The number of hydrogen-bond acceptors (Lipinski definition) is 11. The summed E-state index contributed by atoms with van der Waals surface area (Å²) in [4.78, 5) is 18.7. The van der Waals surface area contributed by atoms with E-state index in [9.17, 15) is 4.79 Å². The number of pyridine rings is 1. The molecule has 0 amide bonds. The van der Waals surface area contributed by atoms with Crippen molar-refractivity contribution in [3.05, 3.63) is 51.0 Å². The Hall–Kier alpha value is -2.40. The van der Waals surface area contributed by atoms with Crippen molar-refractivity contribution in [2.75, 3.05) is 13.7 Å². The first kappa shape index (κ1) is 20.9. The number of nitrogens with zero attached hydrogens (tertiary/aromatic N) is 3. The summed E-state index contributed by atoms with van der Waals surface area (Å²) in [5.41, 5.74) is 6.99. The molecule has 2 aliphatic rings. The normalized spacial score (nSPS) is 28.3. The molecule has 0 spiro atoms. The van der Waals surface area contributed by atoms with Crippen LogP contribution < -0.4 is 16.4 Å².